The van der Waals surface area contributed by atoms with Crippen LogP contribution in [0.15, 0.2) is 12.7 Å². The van der Waals surface area contributed by atoms with Crippen molar-refractivity contribution in [1.29, 1.82) is 0 Å². The second kappa shape index (κ2) is 1.62. The van der Waals surface area contributed by atoms with E-state index < -0.39 is 0 Å². The molecule has 0 radical (unpaired) electrons. The van der Waals surface area contributed by atoms with Crippen LogP contribution < -0.4 is 0 Å². The maximum Gasteiger partial charge on any atom is 0.313 e. The van der Waals surface area contributed by atoms with Gasteiger partial charge in [-0.05, 0) is 6.92 Å². The summed E-state index contributed by atoms with van der Waals surface area (Å²) >= 11 is 0. The van der Waals surface area contributed by atoms with Gasteiger partial charge in [0.05, 0.1) is 5.92 Å². The first-order chi connectivity index (χ1) is 3.75. The molecule has 1 aliphatic heterocycles. The lowest BCUT2D eigenvalue weighted by atomic mass is 10.00. The van der Waals surface area contributed by atoms with Gasteiger partial charge in [-0.2, -0.15) is 0 Å². The van der Waals surface area contributed by atoms with E-state index in [0.29, 0.717) is 0 Å². The fourth-order valence-electron chi connectivity index (χ4n) is 0.658. The number of hydrogen-bond donors (Lipinski definition) is 0. The quantitative estimate of drug-likeness (QED) is 0.369. The van der Waals surface area contributed by atoms with Crippen molar-refractivity contribution in [3.8, 4) is 0 Å². The van der Waals surface area contributed by atoms with Gasteiger partial charge >= 0.3 is 5.97 Å². The van der Waals surface area contributed by atoms with Gasteiger partial charge in [0.1, 0.15) is 6.10 Å². The summed E-state index contributed by atoms with van der Waals surface area (Å²) in [5.74, 6) is -0.0811. The van der Waals surface area contributed by atoms with Crippen molar-refractivity contribution >= 4 is 5.97 Å². The van der Waals surface area contributed by atoms with Crippen molar-refractivity contribution in [3.63, 3.8) is 0 Å². The van der Waals surface area contributed by atoms with Crippen LogP contribution in [-0.4, -0.2) is 12.1 Å². The molecule has 1 saturated heterocycles. The predicted octanol–water partition coefficient (Wildman–Crippen LogP) is 0.734. The molecule has 0 spiro atoms. The second-order valence-corrected chi connectivity index (χ2v) is 1.93. The molecule has 0 aromatic rings. The molecule has 2 nitrogen and oxygen atoms in total. The average molecular weight is 112 g/mol. The summed E-state index contributed by atoms with van der Waals surface area (Å²) in [6, 6.07) is 0. The molecule has 0 amide bonds. The van der Waals surface area contributed by atoms with E-state index in [2.05, 4.69) is 11.3 Å². The van der Waals surface area contributed by atoms with E-state index >= 15 is 0 Å². The Hall–Kier alpha value is -0.790. The molecule has 8 heavy (non-hydrogen) atoms. The summed E-state index contributed by atoms with van der Waals surface area (Å²) < 4.78 is 4.64. The van der Waals surface area contributed by atoms with Crippen LogP contribution in [-0.2, 0) is 9.53 Å². The van der Waals surface area contributed by atoms with Crippen LogP contribution >= 0.6 is 0 Å². The monoisotopic (exact) mass is 112 g/mol. The summed E-state index contributed by atoms with van der Waals surface area (Å²) in [5.41, 5.74) is 0. The Morgan fingerprint density at radius 2 is 2.50 bits per heavy atom. The fourth-order valence-corrected chi connectivity index (χ4v) is 0.658. The molecule has 1 fully saturated rings. The minimum absolute atomic E-state index is 0.0255. The standard InChI is InChI=1S/C6H8O2/c1-3-5-4(2)6(7)8-5/h3-5H,1H2,2H3. The van der Waals surface area contributed by atoms with Gasteiger partial charge in [-0.25, -0.2) is 0 Å². The highest BCUT2D eigenvalue weighted by atomic mass is 16.6. The number of cyclic esters (lactones) is 1. The number of ether oxygens (including phenoxy) is 1. The van der Waals surface area contributed by atoms with E-state index in [1.807, 2.05) is 6.92 Å². The fraction of sp³-hybridized carbons (Fsp3) is 0.500. The molecule has 0 aromatic heterocycles. The minimum Gasteiger partial charge on any atom is -0.457 e. The SMILES string of the molecule is C=CC1OC(=O)C1C. The maximum atomic E-state index is 10.3. The van der Waals surface area contributed by atoms with Gasteiger partial charge in [-0.15, -0.1) is 0 Å². The van der Waals surface area contributed by atoms with E-state index in [9.17, 15) is 4.79 Å². The molecule has 1 heterocycles. The van der Waals surface area contributed by atoms with Gasteiger partial charge in [0.25, 0.3) is 0 Å². The van der Waals surface area contributed by atoms with Crippen molar-refractivity contribution in [2.45, 2.75) is 13.0 Å². The van der Waals surface area contributed by atoms with Crippen LogP contribution in [0.25, 0.3) is 0 Å². The second-order valence-electron chi connectivity index (χ2n) is 1.93. The Labute approximate surface area is 48.1 Å². The van der Waals surface area contributed by atoms with Gasteiger partial charge in [0.15, 0.2) is 0 Å². The Morgan fingerprint density at radius 3 is 2.62 bits per heavy atom. The number of carbonyl (C=O) groups excluding carboxylic acids is 1. The summed E-state index contributed by atoms with van der Waals surface area (Å²) in [6.07, 6.45) is 1.62. The molecule has 0 aliphatic carbocycles. The van der Waals surface area contributed by atoms with Crippen molar-refractivity contribution in [2.24, 2.45) is 5.92 Å². The van der Waals surface area contributed by atoms with Crippen LogP contribution in [0.2, 0.25) is 0 Å². The third-order valence-corrected chi connectivity index (χ3v) is 1.35. The molecule has 1 rings (SSSR count). The number of rotatable bonds is 1. The van der Waals surface area contributed by atoms with Crippen molar-refractivity contribution in [1.82, 2.24) is 0 Å². The lowest BCUT2D eigenvalue weighted by Gasteiger charge is -2.29. The molecule has 2 atom stereocenters. The summed E-state index contributed by atoms with van der Waals surface area (Å²) in [5, 5.41) is 0. The lowest BCUT2D eigenvalue weighted by molar-refractivity contribution is -0.176. The van der Waals surface area contributed by atoms with Gasteiger partial charge in [0.2, 0.25) is 0 Å². The Morgan fingerprint density at radius 1 is 1.88 bits per heavy atom. The molecule has 0 saturated carbocycles. The van der Waals surface area contributed by atoms with Gasteiger partial charge < -0.3 is 4.74 Å². The Kier molecular flexibility index (Phi) is 1.08. The number of esters is 1. The van der Waals surface area contributed by atoms with Gasteiger partial charge in [-0.1, -0.05) is 12.7 Å². The van der Waals surface area contributed by atoms with Crippen molar-refractivity contribution < 1.29 is 9.53 Å². The first-order valence-electron chi connectivity index (χ1n) is 2.58. The minimum atomic E-state index is -0.116. The highest BCUT2D eigenvalue weighted by Gasteiger charge is 2.35. The number of carbonyl (C=O) groups is 1. The largest absolute Gasteiger partial charge is 0.457 e. The van der Waals surface area contributed by atoms with Crippen LogP contribution in [0.4, 0.5) is 0 Å². The van der Waals surface area contributed by atoms with E-state index in [1.165, 1.54) is 0 Å². The molecule has 1 aliphatic rings. The number of hydrogen-bond acceptors (Lipinski definition) is 2. The Bertz CT molecular complexity index is 128. The summed E-state index contributed by atoms with van der Waals surface area (Å²) in [4.78, 5) is 10.3. The van der Waals surface area contributed by atoms with Crippen molar-refractivity contribution in [3.05, 3.63) is 12.7 Å². The molecule has 2 heteroatoms. The molecule has 0 N–H and O–H groups in total. The third-order valence-electron chi connectivity index (χ3n) is 1.35. The van der Waals surface area contributed by atoms with Crippen LogP contribution in [0.5, 0.6) is 0 Å². The normalized spacial score (nSPS) is 35.4. The van der Waals surface area contributed by atoms with Crippen molar-refractivity contribution in [2.75, 3.05) is 0 Å². The average Bonchev–Trinajstić information content (AvgIpc) is 1.81. The third kappa shape index (κ3) is 0.529. The van der Waals surface area contributed by atoms with E-state index in [-0.39, 0.29) is 18.0 Å². The van der Waals surface area contributed by atoms with Crippen LogP contribution in [0.3, 0.4) is 0 Å². The molecular formula is C6H8O2. The maximum absolute atomic E-state index is 10.3. The Balaban J connectivity index is 2.47. The topological polar surface area (TPSA) is 26.3 Å². The smallest absolute Gasteiger partial charge is 0.313 e. The molecule has 44 valence electrons. The summed E-state index contributed by atoms with van der Waals surface area (Å²) in [7, 11) is 0. The molecular weight excluding hydrogens is 104 g/mol. The molecule has 0 bridgehead atoms. The molecule has 0 aromatic carbocycles. The zero-order chi connectivity index (χ0) is 6.15. The first kappa shape index (κ1) is 5.35. The lowest BCUT2D eigenvalue weighted by Crippen LogP contribution is -2.41. The molecule has 2 unspecified atom stereocenters. The van der Waals surface area contributed by atoms with Crippen LogP contribution in [0.1, 0.15) is 6.92 Å². The zero-order valence-electron chi connectivity index (χ0n) is 4.76. The zero-order valence-corrected chi connectivity index (χ0v) is 4.76. The van der Waals surface area contributed by atoms with E-state index in [1.54, 1.807) is 6.08 Å². The highest BCUT2D eigenvalue weighted by Crippen LogP contribution is 2.21. The highest BCUT2D eigenvalue weighted by molar-refractivity contribution is 5.78. The van der Waals surface area contributed by atoms with Gasteiger partial charge in [-0.3, -0.25) is 4.79 Å². The van der Waals surface area contributed by atoms with Gasteiger partial charge in [0, 0.05) is 0 Å². The predicted molar refractivity (Wildman–Crippen MR) is 29.2 cm³/mol. The van der Waals surface area contributed by atoms with E-state index in [4.69, 9.17) is 0 Å². The van der Waals surface area contributed by atoms with Crippen LogP contribution in [0, 0.1) is 5.92 Å². The summed E-state index contributed by atoms with van der Waals surface area (Å²) in [6.45, 7) is 5.32. The first-order valence-corrected chi connectivity index (χ1v) is 2.58. The van der Waals surface area contributed by atoms with E-state index in [0.717, 1.165) is 0 Å².